The second-order valence-electron chi connectivity index (χ2n) is 12.5. The Bertz CT molecular complexity index is 1990. The van der Waals surface area contributed by atoms with Gasteiger partial charge in [-0.15, -0.1) is 0 Å². The van der Waals surface area contributed by atoms with Crippen molar-refractivity contribution in [3.63, 3.8) is 0 Å². The molecule has 0 saturated heterocycles. The third kappa shape index (κ3) is 7.11. The summed E-state index contributed by atoms with van der Waals surface area (Å²) in [6, 6.07) is 34.2. The highest BCUT2D eigenvalue weighted by Crippen LogP contribution is 2.35. The Morgan fingerprint density at radius 2 is 1.37 bits per heavy atom. The van der Waals surface area contributed by atoms with Gasteiger partial charge in [-0.2, -0.15) is 13.2 Å². The molecule has 0 aliphatic carbocycles. The Morgan fingerprint density at radius 1 is 0.735 bits per heavy atom. The van der Waals surface area contributed by atoms with Crippen LogP contribution in [0.2, 0.25) is 0 Å². The van der Waals surface area contributed by atoms with Crippen LogP contribution in [0.4, 0.5) is 18.9 Å². The van der Waals surface area contributed by atoms with Crippen molar-refractivity contribution >= 4 is 23.4 Å². The number of carbonyl (C=O) groups is 3. The molecule has 0 radical (unpaired) electrons. The Morgan fingerprint density at radius 3 is 2.04 bits per heavy atom. The number of halogens is 3. The van der Waals surface area contributed by atoms with Crippen LogP contribution in [0.3, 0.4) is 0 Å². The fraction of sp³-hybridized carbons (Fsp3) is 0.175. The topological polar surface area (TPSA) is 78.5 Å². The van der Waals surface area contributed by atoms with E-state index in [1.807, 2.05) is 50.2 Å². The molecule has 6 rings (SSSR count). The molecule has 2 N–H and O–H groups in total. The summed E-state index contributed by atoms with van der Waals surface area (Å²) in [6.07, 6.45) is -3.96. The minimum absolute atomic E-state index is 0.298. The van der Waals surface area contributed by atoms with Crippen molar-refractivity contribution < 1.29 is 27.6 Å². The molecule has 248 valence electrons. The van der Waals surface area contributed by atoms with Gasteiger partial charge in [-0.3, -0.25) is 14.4 Å². The standard InChI is InChI=1S/C40H34F3N3O3/c1-39(2,30-13-7-4-8-14-30)45-37(48)35(27-11-5-3-6-12-27)44-36(47)29-19-22-34-28(25-29)23-24-46(34)38(49)33-16-10-9-15-32(33)26-17-20-31(21-18-26)40(41,42)43/h3-22,25,35H,23-24H2,1-2H3,(H,44,47)(H,45,48)/t35-/m0/s1. The van der Waals surface area contributed by atoms with Gasteiger partial charge in [0, 0.05) is 23.4 Å². The molecule has 1 aliphatic rings. The summed E-state index contributed by atoms with van der Waals surface area (Å²) in [5.41, 5.74) is 3.22. The number of amides is 3. The number of rotatable bonds is 8. The molecule has 5 aromatic rings. The van der Waals surface area contributed by atoms with Crippen LogP contribution in [0.15, 0.2) is 127 Å². The van der Waals surface area contributed by atoms with Crippen LogP contribution in [0.25, 0.3) is 11.1 Å². The van der Waals surface area contributed by atoms with Crippen LogP contribution < -0.4 is 15.5 Å². The monoisotopic (exact) mass is 661 g/mol. The average Bonchev–Trinajstić information content (AvgIpc) is 3.54. The number of carbonyl (C=O) groups excluding carboxylic acids is 3. The fourth-order valence-electron chi connectivity index (χ4n) is 6.13. The lowest BCUT2D eigenvalue weighted by atomic mass is 9.93. The van der Waals surface area contributed by atoms with E-state index in [-0.39, 0.29) is 11.8 Å². The average molecular weight is 662 g/mol. The van der Waals surface area contributed by atoms with Gasteiger partial charge in [-0.05, 0) is 84.5 Å². The predicted molar refractivity (Wildman–Crippen MR) is 183 cm³/mol. The van der Waals surface area contributed by atoms with Crippen molar-refractivity contribution in [1.29, 1.82) is 0 Å². The predicted octanol–water partition coefficient (Wildman–Crippen LogP) is 8.10. The number of hydrogen-bond acceptors (Lipinski definition) is 3. The number of anilines is 1. The Kier molecular flexibility index (Phi) is 9.10. The van der Waals surface area contributed by atoms with Gasteiger partial charge in [0.15, 0.2) is 0 Å². The molecule has 9 heteroatoms. The minimum atomic E-state index is -4.46. The molecule has 0 unspecified atom stereocenters. The first kappa shape index (κ1) is 33.2. The zero-order chi connectivity index (χ0) is 34.8. The van der Waals surface area contributed by atoms with Gasteiger partial charge >= 0.3 is 6.18 Å². The van der Waals surface area contributed by atoms with Gasteiger partial charge in [0.05, 0.1) is 11.1 Å². The van der Waals surface area contributed by atoms with Gasteiger partial charge in [0.25, 0.3) is 11.8 Å². The molecule has 0 fully saturated rings. The molecule has 5 aromatic carbocycles. The van der Waals surface area contributed by atoms with Gasteiger partial charge in [-0.1, -0.05) is 91.0 Å². The second kappa shape index (κ2) is 13.4. The lowest BCUT2D eigenvalue weighted by Crippen LogP contribution is -2.47. The molecule has 3 amide bonds. The number of hydrogen-bond donors (Lipinski definition) is 2. The first-order chi connectivity index (χ1) is 23.4. The van der Waals surface area contributed by atoms with Crippen molar-refractivity contribution in [2.75, 3.05) is 11.4 Å². The van der Waals surface area contributed by atoms with Gasteiger partial charge in [0.1, 0.15) is 6.04 Å². The first-order valence-corrected chi connectivity index (χ1v) is 15.9. The highest BCUT2D eigenvalue weighted by Gasteiger charge is 2.32. The number of nitrogens with one attached hydrogen (secondary N) is 2. The largest absolute Gasteiger partial charge is 0.416 e. The van der Waals surface area contributed by atoms with Crippen LogP contribution in [0, 0.1) is 0 Å². The van der Waals surface area contributed by atoms with Crippen molar-refractivity contribution in [2.24, 2.45) is 0 Å². The molecule has 0 spiro atoms. The molecular weight excluding hydrogens is 627 g/mol. The van der Waals surface area contributed by atoms with E-state index in [1.165, 1.54) is 12.1 Å². The molecular formula is C40H34F3N3O3. The summed E-state index contributed by atoms with van der Waals surface area (Å²) < 4.78 is 39.4. The zero-order valence-corrected chi connectivity index (χ0v) is 26.9. The maximum Gasteiger partial charge on any atom is 0.416 e. The Hall–Kier alpha value is -5.70. The van der Waals surface area contributed by atoms with E-state index in [4.69, 9.17) is 0 Å². The fourth-order valence-corrected chi connectivity index (χ4v) is 6.13. The lowest BCUT2D eigenvalue weighted by Gasteiger charge is -2.30. The normalized spacial score (nSPS) is 13.4. The van der Waals surface area contributed by atoms with Crippen LogP contribution in [-0.2, 0) is 22.9 Å². The Labute approximate surface area is 282 Å². The quantitative estimate of drug-likeness (QED) is 0.177. The van der Waals surface area contributed by atoms with E-state index >= 15 is 0 Å². The summed E-state index contributed by atoms with van der Waals surface area (Å²) in [6.45, 7) is 4.17. The van der Waals surface area contributed by atoms with E-state index in [9.17, 15) is 27.6 Å². The van der Waals surface area contributed by atoms with Crippen LogP contribution in [0.5, 0.6) is 0 Å². The van der Waals surface area contributed by atoms with E-state index in [1.54, 1.807) is 71.6 Å². The van der Waals surface area contributed by atoms with Gasteiger partial charge < -0.3 is 15.5 Å². The first-order valence-electron chi connectivity index (χ1n) is 15.9. The zero-order valence-electron chi connectivity index (χ0n) is 26.9. The summed E-state index contributed by atoms with van der Waals surface area (Å²) >= 11 is 0. The minimum Gasteiger partial charge on any atom is -0.345 e. The second-order valence-corrected chi connectivity index (χ2v) is 12.5. The maximum atomic E-state index is 13.9. The summed E-state index contributed by atoms with van der Waals surface area (Å²) in [5.74, 6) is -1.10. The number of fused-ring (bicyclic) bond motifs is 1. The van der Waals surface area contributed by atoms with E-state index in [2.05, 4.69) is 10.6 Å². The molecule has 1 aliphatic heterocycles. The van der Waals surface area contributed by atoms with Crippen LogP contribution in [-0.4, -0.2) is 24.3 Å². The smallest absolute Gasteiger partial charge is 0.345 e. The Balaban J connectivity index is 1.22. The van der Waals surface area contributed by atoms with Crippen molar-refractivity contribution in [3.8, 4) is 11.1 Å². The van der Waals surface area contributed by atoms with Crippen molar-refractivity contribution in [1.82, 2.24) is 10.6 Å². The lowest BCUT2D eigenvalue weighted by molar-refractivity contribution is -0.137. The third-order valence-electron chi connectivity index (χ3n) is 8.76. The van der Waals surface area contributed by atoms with Crippen LogP contribution >= 0.6 is 0 Å². The van der Waals surface area contributed by atoms with E-state index in [0.29, 0.717) is 46.5 Å². The SMILES string of the molecule is CC(C)(NC(=O)[C@@H](NC(=O)c1ccc2c(c1)CCN2C(=O)c1ccccc1-c1ccc(C(F)(F)F)cc1)c1ccccc1)c1ccccc1. The van der Waals surface area contributed by atoms with Crippen molar-refractivity contribution in [2.45, 2.75) is 38.0 Å². The van der Waals surface area contributed by atoms with Gasteiger partial charge in [0.2, 0.25) is 5.91 Å². The van der Waals surface area contributed by atoms with Gasteiger partial charge in [-0.25, -0.2) is 0 Å². The molecule has 0 bridgehead atoms. The summed E-state index contributed by atoms with van der Waals surface area (Å²) in [5, 5.41) is 5.99. The highest BCUT2D eigenvalue weighted by molar-refractivity contribution is 6.11. The molecule has 0 aromatic heterocycles. The number of benzene rings is 5. The van der Waals surface area contributed by atoms with E-state index in [0.717, 1.165) is 23.3 Å². The summed E-state index contributed by atoms with van der Waals surface area (Å²) in [7, 11) is 0. The highest BCUT2D eigenvalue weighted by atomic mass is 19.4. The molecule has 49 heavy (non-hydrogen) atoms. The summed E-state index contributed by atoms with van der Waals surface area (Å²) in [4.78, 5) is 42.8. The van der Waals surface area contributed by atoms with Crippen LogP contribution in [0.1, 0.15) is 62.9 Å². The maximum absolute atomic E-state index is 13.9. The number of nitrogens with zero attached hydrogens (tertiary/aromatic N) is 1. The number of alkyl halides is 3. The van der Waals surface area contributed by atoms with E-state index < -0.39 is 29.2 Å². The molecule has 6 nitrogen and oxygen atoms in total. The van der Waals surface area contributed by atoms with Crippen molar-refractivity contribution in [3.05, 3.63) is 161 Å². The molecule has 1 heterocycles. The molecule has 1 atom stereocenters. The third-order valence-corrected chi connectivity index (χ3v) is 8.76. The molecule has 0 saturated carbocycles.